The van der Waals surface area contributed by atoms with Gasteiger partial charge in [0.15, 0.2) is 9.84 Å². The molecule has 1 aliphatic rings. The van der Waals surface area contributed by atoms with Gasteiger partial charge in [-0.2, -0.15) is 0 Å². The van der Waals surface area contributed by atoms with Gasteiger partial charge in [0.1, 0.15) is 0 Å². The van der Waals surface area contributed by atoms with Crippen LogP contribution < -0.4 is 0 Å². The van der Waals surface area contributed by atoms with Crippen LogP contribution in [-0.4, -0.2) is 33.2 Å². The highest BCUT2D eigenvalue weighted by molar-refractivity contribution is 7.92. The lowest BCUT2D eigenvalue weighted by Crippen LogP contribution is -2.50. The topological polar surface area (TPSA) is 73.3 Å². The fourth-order valence-corrected chi connectivity index (χ4v) is 9.77. The first-order valence-electron chi connectivity index (χ1n) is 11.4. The molecule has 2 atom stereocenters. The zero-order valence-corrected chi connectivity index (χ0v) is 22.3. The quantitative estimate of drug-likeness (QED) is 0.296. The molecule has 2 aromatic heterocycles. The number of benzene rings is 1. The van der Waals surface area contributed by atoms with Crippen LogP contribution in [-0.2, 0) is 24.3 Å². The molecule has 1 aliphatic heterocycles. The van der Waals surface area contributed by atoms with Gasteiger partial charge in [-0.05, 0) is 55.2 Å². The smallest absolute Gasteiger partial charge is 0.304 e. The molecular formula is C25H31NO4S2Si. The predicted molar refractivity (Wildman–Crippen MR) is 138 cm³/mol. The number of hydrogen-bond acceptors (Lipinski definition) is 6. The summed E-state index contributed by atoms with van der Waals surface area (Å²) < 4.78 is 33.1. The molecule has 0 radical (unpaired) electrons. The first-order chi connectivity index (χ1) is 15.5. The summed E-state index contributed by atoms with van der Waals surface area (Å²) in [4.78, 5) is 16.6. The second-order valence-corrected chi connectivity index (χ2v) is 19.0. The third kappa shape index (κ3) is 4.79. The minimum atomic E-state index is -3.68. The Balaban J connectivity index is 1.81. The van der Waals surface area contributed by atoms with Crippen LogP contribution in [0, 0.1) is 5.92 Å². The number of thiophene rings is 1. The molecule has 176 valence electrons. The molecule has 3 aromatic rings. The summed E-state index contributed by atoms with van der Waals surface area (Å²) in [5.41, 5.74) is 1.91. The number of carbonyl (C=O) groups excluding carboxylic acids is 1. The van der Waals surface area contributed by atoms with Crippen molar-refractivity contribution in [1.82, 2.24) is 4.98 Å². The number of fused-ring (bicyclic) bond motifs is 1. The van der Waals surface area contributed by atoms with Crippen molar-refractivity contribution < 1.29 is 17.9 Å². The zero-order chi connectivity index (χ0) is 23.9. The van der Waals surface area contributed by atoms with Crippen LogP contribution >= 0.6 is 11.3 Å². The van der Waals surface area contributed by atoms with Gasteiger partial charge in [-0.1, -0.05) is 37.8 Å². The summed E-state index contributed by atoms with van der Waals surface area (Å²) in [7, 11) is -5.08. The molecule has 1 saturated heterocycles. The van der Waals surface area contributed by atoms with Gasteiger partial charge in [0.25, 0.3) is 0 Å². The van der Waals surface area contributed by atoms with Crippen LogP contribution in [0.1, 0.15) is 31.1 Å². The molecule has 0 N–H and O–H groups in total. The average Bonchev–Trinajstić information content (AvgIpc) is 3.23. The van der Waals surface area contributed by atoms with Crippen molar-refractivity contribution in [2.75, 3.05) is 5.75 Å². The van der Waals surface area contributed by atoms with Crippen LogP contribution in [0.15, 0.2) is 48.7 Å². The molecule has 0 amide bonds. The molecule has 4 rings (SSSR count). The van der Waals surface area contributed by atoms with Crippen LogP contribution in [0.3, 0.4) is 0 Å². The number of rotatable bonds is 6. The van der Waals surface area contributed by atoms with E-state index in [4.69, 9.17) is 4.74 Å². The second-order valence-electron chi connectivity index (χ2n) is 10.1. The van der Waals surface area contributed by atoms with E-state index in [1.807, 2.05) is 36.4 Å². The van der Waals surface area contributed by atoms with Crippen molar-refractivity contribution in [3.05, 3.63) is 53.5 Å². The monoisotopic (exact) mass is 501 g/mol. The van der Waals surface area contributed by atoms with E-state index in [1.165, 1.54) is 18.3 Å². The number of nitrogens with zero attached hydrogens (tertiary/aromatic N) is 1. The van der Waals surface area contributed by atoms with Crippen molar-refractivity contribution in [2.24, 2.45) is 5.92 Å². The number of hydrogen-bond donors (Lipinski definition) is 0. The summed E-state index contributed by atoms with van der Waals surface area (Å²) in [6.07, 6.45) is 3.86. The molecular weight excluding hydrogens is 470 g/mol. The highest BCUT2D eigenvalue weighted by Gasteiger charge is 2.57. The third-order valence-electron chi connectivity index (χ3n) is 6.34. The van der Waals surface area contributed by atoms with E-state index in [9.17, 15) is 13.2 Å². The Kier molecular flexibility index (Phi) is 6.55. The van der Waals surface area contributed by atoms with E-state index in [0.29, 0.717) is 11.3 Å². The van der Waals surface area contributed by atoms with E-state index < -0.39 is 28.8 Å². The molecule has 33 heavy (non-hydrogen) atoms. The maximum atomic E-state index is 13.6. The highest BCUT2D eigenvalue weighted by Crippen LogP contribution is 2.51. The predicted octanol–water partition coefficient (Wildman–Crippen LogP) is 6.23. The Morgan fingerprint density at radius 3 is 2.73 bits per heavy atom. The summed E-state index contributed by atoms with van der Waals surface area (Å²) in [6.45, 7) is 8.17. The van der Waals surface area contributed by atoms with Gasteiger partial charge in [0.05, 0.1) is 16.1 Å². The summed E-state index contributed by atoms with van der Waals surface area (Å²) in [5, 5.41) is 1.03. The maximum Gasteiger partial charge on any atom is 0.304 e. The average molecular weight is 502 g/mol. The van der Waals surface area contributed by atoms with E-state index in [2.05, 4.69) is 30.7 Å². The van der Waals surface area contributed by atoms with Crippen LogP contribution in [0.2, 0.25) is 25.7 Å². The van der Waals surface area contributed by atoms with Crippen molar-refractivity contribution in [3.8, 4) is 10.4 Å². The van der Waals surface area contributed by atoms with Gasteiger partial charge in [-0.15, -0.1) is 11.3 Å². The van der Waals surface area contributed by atoms with Crippen LogP contribution in [0.4, 0.5) is 0 Å². The molecule has 0 bridgehead atoms. The molecule has 3 heterocycles. The SMILES string of the molecule is CC(=O)O[C@@]1(c2ccc(-c3ccc4ncccc4c3)s2)C(CC[Si](C)(C)C)CCCS1(=O)=O. The Hall–Kier alpha value is -2.03. The van der Waals surface area contributed by atoms with E-state index in [1.54, 1.807) is 6.20 Å². The minimum absolute atomic E-state index is 0.0403. The van der Waals surface area contributed by atoms with Crippen molar-refractivity contribution >= 4 is 46.1 Å². The Bertz CT molecular complexity index is 1280. The van der Waals surface area contributed by atoms with E-state index in [-0.39, 0.29) is 11.7 Å². The molecule has 1 aromatic carbocycles. The van der Waals surface area contributed by atoms with Crippen LogP contribution in [0.25, 0.3) is 21.3 Å². The van der Waals surface area contributed by atoms with Crippen molar-refractivity contribution in [3.63, 3.8) is 0 Å². The fraction of sp³-hybridized carbons (Fsp3) is 0.440. The zero-order valence-electron chi connectivity index (χ0n) is 19.6. The Labute approximate surface area is 201 Å². The lowest BCUT2D eigenvalue weighted by atomic mass is 9.91. The van der Waals surface area contributed by atoms with Crippen molar-refractivity contribution in [2.45, 2.75) is 56.8 Å². The molecule has 0 spiro atoms. The summed E-state index contributed by atoms with van der Waals surface area (Å²) in [6, 6.07) is 14.7. The Morgan fingerprint density at radius 1 is 1.21 bits per heavy atom. The molecule has 5 nitrogen and oxygen atoms in total. The molecule has 0 aliphatic carbocycles. The van der Waals surface area contributed by atoms with Gasteiger partial charge in [-0.25, -0.2) is 8.42 Å². The number of sulfone groups is 1. The van der Waals surface area contributed by atoms with Gasteiger partial charge in [0, 0.05) is 37.4 Å². The minimum Gasteiger partial charge on any atom is -0.437 e. The fourth-order valence-electron chi connectivity index (χ4n) is 4.73. The highest BCUT2D eigenvalue weighted by atomic mass is 32.2. The molecule has 0 saturated carbocycles. The molecule has 8 heteroatoms. The van der Waals surface area contributed by atoms with Crippen LogP contribution in [0.5, 0.6) is 0 Å². The normalized spacial score (nSPS) is 22.8. The van der Waals surface area contributed by atoms with Gasteiger partial charge < -0.3 is 4.74 Å². The first-order valence-corrected chi connectivity index (χ1v) is 17.6. The third-order valence-corrected chi connectivity index (χ3v) is 11.9. The molecule has 1 fully saturated rings. The number of aromatic nitrogens is 1. The first kappa shape index (κ1) is 24.1. The van der Waals surface area contributed by atoms with Crippen molar-refractivity contribution in [1.29, 1.82) is 0 Å². The Morgan fingerprint density at radius 2 is 2.00 bits per heavy atom. The maximum absolute atomic E-state index is 13.6. The molecule has 1 unspecified atom stereocenters. The standard InChI is InChI=1S/C25H31NO4S2Si/c1-18(27)30-25(21(13-16-33(2,3)4)8-6-15-32(25,28)29)24-12-11-23(31-24)20-9-10-22-19(17-20)7-5-14-26-22/h5,7,9-12,14,17,21H,6,8,13,15-16H2,1-4H3/t21?,25-/m0/s1. The number of carbonyl (C=O) groups is 1. The number of pyridine rings is 1. The summed E-state index contributed by atoms with van der Waals surface area (Å²) in [5.74, 6) is -0.747. The number of esters is 1. The van der Waals surface area contributed by atoms with Gasteiger partial charge >= 0.3 is 5.97 Å². The second kappa shape index (κ2) is 8.96. The van der Waals surface area contributed by atoms with E-state index in [0.717, 1.165) is 40.2 Å². The number of ether oxygens (including phenoxy) is 1. The van der Waals surface area contributed by atoms with Gasteiger partial charge in [-0.3, -0.25) is 9.78 Å². The van der Waals surface area contributed by atoms with Gasteiger partial charge in [0.2, 0.25) is 4.93 Å². The lowest BCUT2D eigenvalue weighted by molar-refractivity contribution is -0.154. The largest absolute Gasteiger partial charge is 0.437 e. The summed E-state index contributed by atoms with van der Waals surface area (Å²) >= 11 is 1.42. The van der Waals surface area contributed by atoms with E-state index >= 15 is 0 Å². The lowest BCUT2D eigenvalue weighted by Gasteiger charge is -2.42.